The summed E-state index contributed by atoms with van der Waals surface area (Å²) in [6.07, 6.45) is 0.0308. The Balaban J connectivity index is 2.27. The zero-order valence-corrected chi connectivity index (χ0v) is 12.5. The second-order valence-electron chi connectivity index (χ2n) is 4.01. The average Bonchev–Trinajstić information content (AvgIpc) is 2.41. The highest BCUT2D eigenvalue weighted by molar-refractivity contribution is 14.1. The zero-order chi connectivity index (χ0) is 13.8. The van der Waals surface area contributed by atoms with Gasteiger partial charge in [-0.15, -0.1) is 0 Å². The van der Waals surface area contributed by atoms with Crippen LogP contribution in [-0.4, -0.2) is 12.9 Å². The minimum Gasteiger partial charge on any atom is -0.494 e. The van der Waals surface area contributed by atoms with Crippen molar-refractivity contribution < 1.29 is 13.9 Å². The molecule has 4 heteroatoms. The van der Waals surface area contributed by atoms with Gasteiger partial charge in [0.25, 0.3) is 0 Å². The molecule has 0 amide bonds. The third-order valence-corrected chi connectivity index (χ3v) is 3.73. The van der Waals surface area contributed by atoms with Gasteiger partial charge in [0.15, 0.2) is 17.3 Å². The minimum atomic E-state index is -0.468. The molecule has 0 unspecified atom stereocenters. The lowest BCUT2D eigenvalue weighted by Crippen LogP contribution is -2.07. The summed E-state index contributed by atoms with van der Waals surface area (Å²) in [7, 11) is 1.41. The summed E-state index contributed by atoms with van der Waals surface area (Å²) in [5.74, 6) is -0.408. The van der Waals surface area contributed by atoms with Crippen LogP contribution >= 0.6 is 22.6 Å². The highest BCUT2D eigenvalue weighted by Crippen LogP contribution is 2.22. The van der Waals surface area contributed by atoms with Crippen LogP contribution in [0.2, 0.25) is 0 Å². The smallest absolute Gasteiger partial charge is 0.168 e. The molecule has 0 saturated heterocycles. The molecule has 0 aromatic heterocycles. The molecule has 0 heterocycles. The number of hydrogen-bond acceptors (Lipinski definition) is 2. The van der Waals surface area contributed by atoms with Gasteiger partial charge >= 0.3 is 0 Å². The van der Waals surface area contributed by atoms with Gasteiger partial charge in [-0.1, -0.05) is 30.3 Å². The molecule has 0 saturated carbocycles. The van der Waals surface area contributed by atoms with Crippen LogP contribution in [0.4, 0.5) is 4.39 Å². The Morgan fingerprint density at radius 1 is 1.21 bits per heavy atom. The summed E-state index contributed by atoms with van der Waals surface area (Å²) in [6, 6.07) is 12.1. The van der Waals surface area contributed by atoms with Crippen molar-refractivity contribution in [2.45, 2.75) is 6.42 Å². The van der Waals surface area contributed by atoms with Crippen molar-refractivity contribution in [2.24, 2.45) is 0 Å². The number of benzene rings is 2. The fourth-order valence-electron chi connectivity index (χ4n) is 1.81. The monoisotopic (exact) mass is 370 g/mol. The maximum atomic E-state index is 14.0. The Morgan fingerprint density at radius 2 is 1.95 bits per heavy atom. The van der Waals surface area contributed by atoms with Crippen molar-refractivity contribution in [3.63, 3.8) is 0 Å². The molecule has 0 atom stereocenters. The predicted molar refractivity (Wildman–Crippen MR) is 80.1 cm³/mol. The van der Waals surface area contributed by atoms with Gasteiger partial charge in [0.2, 0.25) is 0 Å². The maximum absolute atomic E-state index is 14.0. The molecular formula is C15H12FIO2. The van der Waals surface area contributed by atoms with E-state index in [9.17, 15) is 9.18 Å². The molecule has 0 aliphatic carbocycles. The number of rotatable bonds is 4. The first-order valence-electron chi connectivity index (χ1n) is 5.72. The van der Waals surface area contributed by atoms with Gasteiger partial charge < -0.3 is 4.74 Å². The van der Waals surface area contributed by atoms with Gasteiger partial charge in [-0.2, -0.15) is 0 Å². The Labute approximate surface area is 124 Å². The average molecular weight is 370 g/mol. The Hall–Kier alpha value is -1.43. The van der Waals surface area contributed by atoms with E-state index in [0.29, 0.717) is 11.1 Å². The topological polar surface area (TPSA) is 26.3 Å². The van der Waals surface area contributed by atoms with E-state index >= 15 is 0 Å². The van der Waals surface area contributed by atoms with Crippen molar-refractivity contribution in [1.82, 2.24) is 0 Å². The van der Waals surface area contributed by atoms with Gasteiger partial charge in [0.05, 0.1) is 7.11 Å². The van der Waals surface area contributed by atoms with E-state index in [1.807, 2.05) is 12.1 Å². The molecule has 0 bridgehead atoms. The molecule has 2 rings (SSSR count). The first kappa shape index (κ1) is 14.0. The summed E-state index contributed by atoms with van der Waals surface area (Å²) in [6.45, 7) is 0. The van der Waals surface area contributed by atoms with E-state index in [0.717, 1.165) is 3.57 Å². The van der Waals surface area contributed by atoms with Gasteiger partial charge in [0.1, 0.15) is 0 Å². The van der Waals surface area contributed by atoms with E-state index < -0.39 is 5.82 Å². The molecule has 0 N–H and O–H groups in total. The maximum Gasteiger partial charge on any atom is 0.168 e. The fraction of sp³-hybridized carbons (Fsp3) is 0.133. The number of ether oxygens (including phenoxy) is 1. The molecule has 0 aliphatic heterocycles. The van der Waals surface area contributed by atoms with E-state index in [-0.39, 0.29) is 18.0 Å². The Kier molecular flexibility index (Phi) is 4.52. The molecule has 0 spiro atoms. The molecule has 2 nitrogen and oxygen atoms in total. The number of halogens is 2. The van der Waals surface area contributed by atoms with Crippen molar-refractivity contribution >= 4 is 28.4 Å². The standard InChI is InChI=1S/C15H12FIO2/c1-19-14-8-4-5-10(15(14)16)9-13(18)11-6-2-3-7-12(11)17/h2-8H,9H2,1H3. The molecule has 19 heavy (non-hydrogen) atoms. The lowest BCUT2D eigenvalue weighted by Gasteiger charge is -2.07. The van der Waals surface area contributed by atoms with Crippen molar-refractivity contribution in [2.75, 3.05) is 7.11 Å². The van der Waals surface area contributed by atoms with Crippen LogP contribution in [0.3, 0.4) is 0 Å². The van der Waals surface area contributed by atoms with E-state index in [1.165, 1.54) is 13.2 Å². The minimum absolute atomic E-state index is 0.0308. The van der Waals surface area contributed by atoms with Gasteiger partial charge in [-0.05, 0) is 40.3 Å². The fourth-order valence-corrected chi connectivity index (χ4v) is 2.49. The quantitative estimate of drug-likeness (QED) is 0.604. The van der Waals surface area contributed by atoms with Crippen LogP contribution in [-0.2, 0) is 6.42 Å². The summed E-state index contributed by atoms with van der Waals surface area (Å²) in [5, 5.41) is 0. The SMILES string of the molecule is COc1cccc(CC(=O)c2ccccc2I)c1F. The highest BCUT2D eigenvalue weighted by Gasteiger charge is 2.15. The summed E-state index contributed by atoms with van der Waals surface area (Å²) in [4.78, 5) is 12.2. The second kappa shape index (κ2) is 6.14. The van der Waals surface area contributed by atoms with Crippen LogP contribution in [0.15, 0.2) is 42.5 Å². The number of Topliss-reactive ketones (excluding diaryl/α,β-unsaturated/α-hetero) is 1. The number of carbonyl (C=O) groups is 1. The number of ketones is 1. The predicted octanol–water partition coefficient (Wildman–Crippen LogP) is 3.86. The summed E-state index contributed by atoms with van der Waals surface area (Å²) < 4.78 is 19.7. The lowest BCUT2D eigenvalue weighted by atomic mass is 10.0. The largest absolute Gasteiger partial charge is 0.494 e. The number of carbonyl (C=O) groups excluding carboxylic acids is 1. The molecule has 0 radical (unpaired) electrons. The van der Waals surface area contributed by atoms with Crippen LogP contribution in [0.5, 0.6) is 5.75 Å². The van der Waals surface area contributed by atoms with Crippen LogP contribution in [0.1, 0.15) is 15.9 Å². The van der Waals surface area contributed by atoms with E-state index in [2.05, 4.69) is 22.6 Å². The first-order valence-corrected chi connectivity index (χ1v) is 6.80. The summed E-state index contributed by atoms with van der Waals surface area (Å²) >= 11 is 2.10. The molecule has 2 aromatic carbocycles. The summed E-state index contributed by atoms with van der Waals surface area (Å²) in [5.41, 5.74) is 0.967. The van der Waals surface area contributed by atoms with Gasteiger partial charge in [0, 0.05) is 15.6 Å². The highest BCUT2D eigenvalue weighted by atomic mass is 127. The molecule has 0 aliphatic rings. The third-order valence-electron chi connectivity index (χ3n) is 2.79. The van der Waals surface area contributed by atoms with Crippen molar-refractivity contribution in [1.29, 1.82) is 0 Å². The molecule has 0 fully saturated rings. The Bertz CT molecular complexity index is 611. The van der Waals surface area contributed by atoms with Crippen LogP contribution < -0.4 is 4.74 Å². The zero-order valence-electron chi connectivity index (χ0n) is 10.3. The van der Waals surface area contributed by atoms with E-state index in [4.69, 9.17) is 4.74 Å². The van der Waals surface area contributed by atoms with Crippen LogP contribution in [0, 0.1) is 9.39 Å². The van der Waals surface area contributed by atoms with Crippen LogP contribution in [0.25, 0.3) is 0 Å². The van der Waals surface area contributed by atoms with E-state index in [1.54, 1.807) is 24.3 Å². The number of hydrogen-bond donors (Lipinski definition) is 0. The van der Waals surface area contributed by atoms with Crippen molar-refractivity contribution in [3.05, 3.63) is 63.0 Å². The second-order valence-corrected chi connectivity index (χ2v) is 5.18. The van der Waals surface area contributed by atoms with Gasteiger partial charge in [-0.25, -0.2) is 4.39 Å². The molecule has 98 valence electrons. The third kappa shape index (κ3) is 3.12. The van der Waals surface area contributed by atoms with Gasteiger partial charge in [-0.3, -0.25) is 4.79 Å². The normalized spacial score (nSPS) is 10.3. The lowest BCUT2D eigenvalue weighted by molar-refractivity contribution is 0.0991. The molecular weight excluding hydrogens is 358 g/mol. The first-order chi connectivity index (χ1) is 9.13. The van der Waals surface area contributed by atoms with Crippen molar-refractivity contribution in [3.8, 4) is 5.75 Å². The molecule has 2 aromatic rings. The number of methoxy groups -OCH3 is 1. The Morgan fingerprint density at radius 3 is 2.63 bits per heavy atom.